The number of carbonyl (C=O) groups is 2. The molecule has 8 heteroatoms. The fourth-order valence-electron chi connectivity index (χ4n) is 2.37. The standard InChI is InChI=1S/C20H24N2O4S2/c1-13-11-15(25-3)5-7-17(13)21-19(23)27-9-10-28-20(24)22-18-8-6-16(26-4)12-14(18)2/h5-8,11-12H,9-10H2,1-4H3,(H,21,23)(H,22,24). The molecule has 2 rings (SSSR count). The number of nitrogens with one attached hydrogen (secondary N) is 2. The lowest BCUT2D eigenvalue weighted by Crippen LogP contribution is -2.10. The Labute approximate surface area is 173 Å². The molecule has 0 spiro atoms. The second-order valence-corrected chi connectivity index (χ2v) is 8.02. The van der Waals surface area contributed by atoms with Crippen LogP contribution in [0.1, 0.15) is 11.1 Å². The van der Waals surface area contributed by atoms with Crippen LogP contribution in [0.4, 0.5) is 21.0 Å². The van der Waals surface area contributed by atoms with E-state index in [2.05, 4.69) is 10.6 Å². The van der Waals surface area contributed by atoms with Crippen molar-refractivity contribution < 1.29 is 19.1 Å². The fourth-order valence-corrected chi connectivity index (χ4v) is 3.77. The van der Waals surface area contributed by atoms with Crippen LogP contribution in [-0.4, -0.2) is 36.2 Å². The number of carbonyl (C=O) groups excluding carboxylic acids is 2. The lowest BCUT2D eigenvalue weighted by Gasteiger charge is -2.10. The van der Waals surface area contributed by atoms with E-state index >= 15 is 0 Å². The van der Waals surface area contributed by atoms with E-state index in [1.54, 1.807) is 26.4 Å². The van der Waals surface area contributed by atoms with Gasteiger partial charge in [0.25, 0.3) is 10.5 Å². The van der Waals surface area contributed by atoms with Gasteiger partial charge in [-0.3, -0.25) is 9.59 Å². The Balaban J connectivity index is 1.72. The third-order valence-electron chi connectivity index (χ3n) is 3.89. The van der Waals surface area contributed by atoms with Crippen molar-refractivity contribution in [2.75, 3.05) is 36.4 Å². The summed E-state index contributed by atoms with van der Waals surface area (Å²) in [6, 6.07) is 10.9. The molecule has 0 fully saturated rings. The summed E-state index contributed by atoms with van der Waals surface area (Å²) in [5.74, 6) is 2.55. The van der Waals surface area contributed by atoms with Crippen molar-refractivity contribution in [3.8, 4) is 11.5 Å². The van der Waals surface area contributed by atoms with Crippen LogP contribution in [-0.2, 0) is 0 Å². The van der Waals surface area contributed by atoms with Crippen LogP contribution in [0.3, 0.4) is 0 Å². The highest BCUT2D eigenvalue weighted by Crippen LogP contribution is 2.24. The van der Waals surface area contributed by atoms with Crippen molar-refractivity contribution in [3.05, 3.63) is 47.5 Å². The second kappa shape index (κ2) is 10.9. The second-order valence-electron chi connectivity index (χ2n) is 5.88. The van der Waals surface area contributed by atoms with Crippen LogP contribution < -0.4 is 20.1 Å². The van der Waals surface area contributed by atoms with Crippen molar-refractivity contribution in [1.29, 1.82) is 0 Å². The molecule has 2 aromatic carbocycles. The van der Waals surface area contributed by atoms with Gasteiger partial charge in [-0.15, -0.1) is 0 Å². The minimum absolute atomic E-state index is 0.153. The monoisotopic (exact) mass is 420 g/mol. The first-order valence-corrected chi connectivity index (χ1v) is 10.6. The number of ether oxygens (including phenoxy) is 2. The SMILES string of the molecule is COc1ccc(NC(=O)SCCSC(=O)Nc2ccc(OC)cc2C)c(C)c1. The van der Waals surface area contributed by atoms with E-state index in [4.69, 9.17) is 9.47 Å². The van der Waals surface area contributed by atoms with Gasteiger partial charge < -0.3 is 20.1 Å². The minimum Gasteiger partial charge on any atom is -0.497 e. The van der Waals surface area contributed by atoms with Gasteiger partial charge in [0.15, 0.2) is 0 Å². The van der Waals surface area contributed by atoms with Crippen LogP contribution in [0, 0.1) is 13.8 Å². The molecule has 0 heterocycles. The summed E-state index contributed by atoms with van der Waals surface area (Å²) in [5, 5.41) is 5.40. The molecule has 0 saturated heterocycles. The van der Waals surface area contributed by atoms with Gasteiger partial charge in [0.05, 0.1) is 14.2 Å². The van der Waals surface area contributed by atoms with E-state index in [-0.39, 0.29) is 10.5 Å². The van der Waals surface area contributed by atoms with Crippen LogP contribution in [0.2, 0.25) is 0 Å². The first-order chi connectivity index (χ1) is 13.4. The smallest absolute Gasteiger partial charge is 0.283 e. The Bertz CT molecular complexity index is 773. The highest BCUT2D eigenvalue weighted by molar-refractivity contribution is 8.17. The number of thioether (sulfide) groups is 2. The molecule has 0 aliphatic heterocycles. The zero-order valence-electron chi connectivity index (χ0n) is 16.3. The number of aryl methyl sites for hydroxylation is 2. The van der Waals surface area contributed by atoms with E-state index in [0.29, 0.717) is 11.5 Å². The molecule has 0 atom stereocenters. The summed E-state index contributed by atoms with van der Waals surface area (Å²) in [6.07, 6.45) is 0. The molecule has 2 amide bonds. The molecule has 0 unspecified atom stereocenters. The van der Waals surface area contributed by atoms with Crippen LogP contribution in [0.5, 0.6) is 11.5 Å². The molecular formula is C20H24N2O4S2. The van der Waals surface area contributed by atoms with Crippen LogP contribution in [0.15, 0.2) is 36.4 Å². The van der Waals surface area contributed by atoms with E-state index in [9.17, 15) is 9.59 Å². The third-order valence-corrected chi connectivity index (χ3v) is 5.69. The average molecular weight is 421 g/mol. The molecule has 0 bridgehead atoms. The lowest BCUT2D eigenvalue weighted by molar-refractivity contribution is 0.269. The number of hydrogen-bond acceptors (Lipinski definition) is 6. The highest BCUT2D eigenvalue weighted by Gasteiger charge is 2.09. The molecule has 2 aromatic rings. The Hall–Kier alpha value is -2.32. The minimum atomic E-state index is -0.153. The Morgan fingerprint density at radius 2 is 1.18 bits per heavy atom. The predicted octanol–water partition coefficient (Wildman–Crippen LogP) is 5.55. The summed E-state index contributed by atoms with van der Waals surface area (Å²) in [6.45, 7) is 3.81. The maximum absolute atomic E-state index is 12.1. The average Bonchev–Trinajstić information content (AvgIpc) is 2.68. The Kier molecular flexibility index (Phi) is 8.53. The normalized spacial score (nSPS) is 10.3. The molecule has 0 aromatic heterocycles. The van der Waals surface area contributed by atoms with Crippen molar-refractivity contribution in [3.63, 3.8) is 0 Å². The fraction of sp³-hybridized carbons (Fsp3) is 0.300. The molecule has 0 aliphatic carbocycles. The topological polar surface area (TPSA) is 76.7 Å². The first-order valence-electron chi connectivity index (χ1n) is 8.59. The van der Waals surface area contributed by atoms with Gasteiger partial charge >= 0.3 is 0 Å². The quantitative estimate of drug-likeness (QED) is 0.572. The number of anilines is 2. The lowest BCUT2D eigenvalue weighted by atomic mass is 10.2. The van der Waals surface area contributed by atoms with Gasteiger partial charge in [0, 0.05) is 22.9 Å². The Morgan fingerprint density at radius 3 is 1.50 bits per heavy atom. The van der Waals surface area contributed by atoms with Crippen molar-refractivity contribution in [2.24, 2.45) is 0 Å². The van der Waals surface area contributed by atoms with Gasteiger partial charge in [-0.2, -0.15) is 0 Å². The van der Waals surface area contributed by atoms with E-state index in [1.807, 2.05) is 38.1 Å². The number of benzene rings is 2. The number of amides is 2. The zero-order valence-corrected chi connectivity index (χ0v) is 18.0. The third kappa shape index (κ3) is 6.69. The predicted molar refractivity (Wildman–Crippen MR) is 118 cm³/mol. The van der Waals surface area contributed by atoms with E-state index in [1.165, 1.54) is 0 Å². The van der Waals surface area contributed by atoms with Crippen molar-refractivity contribution in [1.82, 2.24) is 0 Å². The van der Waals surface area contributed by atoms with Gasteiger partial charge in [0.1, 0.15) is 11.5 Å². The summed E-state index contributed by atoms with van der Waals surface area (Å²) in [5.41, 5.74) is 3.35. The molecule has 6 nitrogen and oxygen atoms in total. The summed E-state index contributed by atoms with van der Waals surface area (Å²) in [7, 11) is 3.21. The summed E-state index contributed by atoms with van der Waals surface area (Å²) in [4.78, 5) is 24.1. The molecular weight excluding hydrogens is 396 g/mol. The molecule has 150 valence electrons. The maximum Gasteiger partial charge on any atom is 0.283 e. The van der Waals surface area contributed by atoms with Gasteiger partial charge in [-0.1, -0.05) is 23.5 Å². The van der Waals surface area contributed by atoms with Crippen molar-refractivity contribution >= 4 is 45.4 Å². The molecule has 0 aliphatic rings. The van der Waals surface area contributed by atoms with Crippen LogP contribution >= 0.6 is 23.5 Å². The van der Waals surface area contributed by atoms with Gasteiger partial charge in [0.2, 0.25) is 0 Å². The molecule has 0 radical (unpaired) electrons. The largest absolute Gasteiger partial charge is 0.497 e. The van der Waals surface area contributed by atoms with Crippen molar-refractivity contribution in [2.45, 2.75) is 13.8 Å². The maximum atomic E-state index is 12.1. The Morgan fingerprint density at radius 1 is 0.786 bits per heavy atom. The molecule has 28 heavy (non-hydrogen) atoms. The van der Waals surface area contributed by atoms with Gasteiger partial charge in [-0.05, 0) is 61.4 Å². The van der Waals surface area contributed by atoms with E-state index in [0.717, 1.165) is 57.5 Å². The molecule has 0 saturated carbocycles. The number of methoxy groups -OCH3 is 2. The summed E-state index contributed by atoms with van der Waals surface area (Å²) >= 11 is 2.30. The first kappa shape index (κ1) is 22.0. The van der Waals surface area contributed by atoms with Crippen LogP contribution in [0.25, 0.3) is 0 Å². The summed E-state index contributed by atoms with van der Waals surface area (Å²) < 4.78 is 10.3. The number of rotatable bonds is 7. The van der Waals surface area contributed by atoms with Gasteiger partial charge in [-0.25, -0.2) is 0 Å². The number of hydrogen-bond donors (Lipinski definition) is 2. The van der Waals surface area contributed by atoms with E-state index < -0.39 is 0 Å². The zero-order chi connectivity index (χ0) is 20.5. The highest BCUT2D eigenvalue weighted by atomic mass is 32.2. The molecule has 2 N–H and O–H groups in total.